The molecule has 0 amide bonds. The Labute approximate surface area is 166 Å². The molecule has 140 valence electrons. The highest BCUT2D eigenvalue weighted by molar-refractivity contribution is 6.95. The first-order valence-corrected chi connectivity index (χ1v) is 8.62. The number of benzene rings is 3. The van der Waals surface area contributed by atoms with Gasteiger partial charge in [0, 0.05) is 16.7 Å². The van der Waals surface area contributed by atoms with E-state index in [1.165, 1.54) is 72.8 Å². The highest BCUT2D eigenvalue weighted by atomic mass is 19.1. The van der Waals surface area contributed by atoms with Crippen molar-refractivity contribution in [2.24, 2.45) is 0 Å². The van der Waals surface area contributed by atoms with Crippen LogP contribution < -0.4 is 0 Å². The molecule has 0 nitrogen and oxygen atoms in total. The van der Waals surface area contributed by atoms with E-state index in [9.17, 15) is 13.2 Å². The second kappa shape index (κ2) is 8.88. The van der Waals surface area contributed by atoms with Gasteiger partial charge in [0.15, 0.2) is 0 Å². The number of hydrogen-bond acceptors (Lipinski definition) is 0. The van der Waals surface area contributed by atoms with Gasteiger partial charge in [-0.3, -0.25) is 0 Å². The van der Waals surface area contributed by atoms with Gasteiger partial charge in [0.25, 0.3) is 0 Å². The van der Waals surface area contributed by atoms with Crippen LogP contribution in [0.5, 0.6) is 0 Å². The first-order valence-electron chi connectivity index (χ1n) is 8.62. The van der Waals surface area contributed by atoms with Gasteiger partial charge in [-0.05, 0) is 72.8 Å². The van der Waals surface area contributed by atoms with Crippen LogP contribution in [-0.4, -0.2) is 6.42 Å². The van der Waals surface area contributed by atoms with E-state index >= 15 is 4.32 Å². The number of hydrogen-bond donors (Lipinski definition) is 0. The minimum atomic E-state index is -3.28. The molecule has 0 aliphatic carbocycles. The van der Waals surface area contributed by atoms with Crippen LogP contribution in [0.25, 0.3) is 0 Å². The molecule has 0 radical (unpaired) electrons. The molecule has 0 fully saturated rings. The first-order chi connectivity index (χ1) is 13.9. The summed E-state index contributed by atoms with van der Waals surface area (Å²) in [6.07, 6.45) is -3.28. The molecule has 0 heterocycles. The summed E-state index contributed by atoms with van der Waals surface area (Å²) in [4.78, 5) is 0. The molecule has 3 aromatic rings. The van der Waals surface area contributed by atoms with Crippen LogP contribution in [0.2, 0.25) is 0 Å². The Hall–Kier alpha value is -3.88. The van der Waals surface area contributed by atoms with Gasteiger partial charge in [0.05, 0.1) is 0 Å². The van der Waals surface area contributed by atoms with Crippen molar-refractivity contribution < 1.29 is 17.5 Å². The Kier molecular flexibility index (Phi) is 6.08. The lowest BCUT2D eigenvalue weighted by Gasteiger charge is -2.12. The quantitative estimate of drug-likeness (QED) is 0.286. The first kappa shape index (κ1) is 19.9. The molecule has 0 aliphatic rings. The van der Waals surface area contributed by atoms with Crippen LogP contribution in [0.4, 0.5) is 17.5 Å². The minimum absolute atomic E-state index is 0.405. The maximum absolute atomic E-state index is 15.4. The SMILES string of the molecule is Fc1ccc(C#C[B-](F)(C#Cc2ccc(F)cc2)C#Cc2ccc(F)cc2)cc1. The average molecular weight is 387 g/mol. The lowest BCUT2D eigenvalue weighted by Crippen LogP contribution is -2.23. The van der Waals surface area contributed by atoms with E-state index in [-0.39, 0.29) is 0 Å². The molecule has 0 N–H and O–H groups in total. The summed E-state index contributed by atoms with van der Waals surface area (Å²) in [6.45, 7) is 0. The van der Waals surface area contributed by atoms with E-state index in [0.29, 0.717) is 16.7 Å². The molecule has 0 saturated heterocycles. The Morgan fingerprint density at radius 2 is 0.690 bits per heavy atom. The molecule has 5 heteroatoms. The van der Waals surface area contributed by atoms with Crippen molar-refractivity contribution in [3.05, 3.63) is 107 Å². The van der Waals surface area contributed by atoms with Crippen LogP contribution in [0.3, 0.4) is 0 Å². The van der Waals surface area contributed by atoms with E-state index in [1.54, 1.807) is 0 Å². The monoisotopic (exact) mass is 387 g/mol. The standard InChI is InChI=1S/C24H12BF4/c26-22-7-1-19(2-8-22)13-16-25(29,17-14-20-3-9-23(27)10-4-20)18-15-21-5-11-24(28)12-6-21/h1-12H/q-1. The molecule has 0 unspecified atom stereocenters. The fourth-order valence-corrected chi connectivity index (χ4v) is 2.26. The molecule has 29 heavy (non-hydrogen) atoms. The number of rotatable bonds is 0. The van der Waals surface area contributed by atoms with Crippen molar-refractivity contribution in [1.29, 1.82) is 0 Å². The van der Waals surface area contributed by atoms with Crippen molar-refractivity contribution >= 4 is 6.42 Å². The van der Waals surface area contributed by atoms with E-state index in [1.807, 2.05) is 0 Å². The molecule has 3 aromatic carbocycles. The van der Waals surface area contributed by atoms with Gasteiger partial charge in [0.2, 0.25) is 0 Å². The fourth-order valence-electron chi connectivity index (χ4n) is 2.26. The second-order valence-corrected chi connectivity index (χ2v) is 6.09. The van der Waals surface area contributed by atoms with Crippen molar-refractivity contribution in [2.75, 3.05) is 0 Å². The van der Waals surface area contributed by atoms with Gasteiger partial charge in [0.1, 0.15) is 17.5 Å². The summed E-state index contributed by atoms with van der Waals surface area (Å²) >= 11 is 0. The Morgan fingerprint density at radius 3 is 0.931 bits per heavy atom. The Bertz CT molecular complexity index is 1020. The third-order valence-corrected chi connectivity index (χ3v) is 3.78. The van der Waals surface area contributed by atoms with E-state index in [4.69, 9.17) is 0 Å². The highest BCUT2D eigenvalue weighted by Gasteiger charge is 2.14. The molecule has 0 aromatic heterocycles. The van der Waals surface area contributed by atoms with Crippen LogP contribution in [0, 0.1) is 52.7 Å². The van der Waals surface area contributed by atoms with Crippen LogP contribution in [0.1, 0.15) is 16.7 Å². The van der Waals surface area contributed by atoms with Gasteiger partial charge >= 0.3 is 6.42 Å². The van der Waals surface area contributed by atoms with E-state index < -0.39 is 23.9 Å². The summed E-state index contributed by atoms with van der Waals surface area (Å²) in [5, 5.41) is 0. The van der Waals surface area contributed by atoms with E-state index in [0.717, 1.165) is 0 Å². The van der Waals surface area contributed by atoms with Crippen LogP contribution in [-0.2, 0) is 0 Å². The Morgan fingerprint density at radius 1 is 0.448 bits per heavy atom. The maximum atomic E-state index is 15.4. The molecule has 0 aliphatic heterocycles. The zero-order valence-electron chi connectivity index (χ0n) is 15.0. The summed E-state index contributed by atoms with van der Waals surface area (Å²) in [5.74, 6) is 13.8. The zero-order valence-corrected chi connectivity index (χ0v) is 15.0. The lowest BCUT2D eigenvalue weighted by atomic mass is 9.46. The van der Waals surface area contributed by atoms with Crippen LogP contribution in [0.15, 0.2) is 72.8 Å². The van der Waals surface area contributed by atoms with E-state index in [2.05, 4.69) is 35.2 Å². The normalized spacial score (nSPS) is 9.93. The molecule has 0 spiro atoms. The van der Waals surface area contributed by atoms with Gasteiger partial charge in [-0.1, -0.05) is 0 Å². The van der Waals surface area contributed by atoms with Crippen molar-refractivity contribution in [3.8, 4) is 35.2 Å². The average Bonchev–Trinajstić information content (AvgIpc) is 2.73. The van der Waals surface area contributed by atoms with Crippen molar-refractivity contribution in [1.82, 2.24) is 0 Å². The van der Waals surface area contributed by atoms with Crippen LogP contribution >= 0.6 is 0 Å². The third-order valence-electron chi connectivity index (χ3n) is 3.78. The summed E-state index contributed by atoms with van der Waals surface area (Å²) < 4.78 is 54.5. The van der Waals surface area contributed by atoms with Gasteiger partial charge < -0.3 is 4.32 Å². The summed E-state index contributed by atoms with van der Waals surface area (Å²) in [6, 6.07) is 15.8. The highest BCUT2D eigenvalue weighted by Crippen LogP contribution is 2.08. The molecule has 0 saturated carbocycles. The minimum Gasteiger partial charge on any atom is -0.472 e. The Balaban J connectivity index is 1.98. The third kappa shape index (κ3) is 6.07. The lowest BCUT2D eigenvalue weighted by molar-refractivity contribution is 0.627. The van der Waals surface area contributed by atoms with Crippen molar-refractivity contribution in [2.45, 2.75) is 0 Å². The van der Waals surface area contributed by atoms with Gasteiger partial charge in [-0.25, -0.2) is 30.6 Å². The fraction of sp³-hybridized carbons (Fsp3) is 0. The molecular weight excluding hydrogens is 375 g/mol. The molecular formula is C24H12BF4-. The second-order valence-electron chi connectivity index (χ2n) is 6.09. The predicted octanol–water partition coefficient (Wildman–Crippen LogP) is 5.09. The summed E-state index contributed by atoms with van der Waals surface area (Å²) in [7, 11) is 0. The van der Waals surface area contributed by atoms with Crippen molar-refractivity contribution in [3.63, 3.8) is 0 Å². The summed E-state index contributed by atoms with van der Waals surface area (Å²) in [5.41, 5.74) is 1.22. The predicted molar refractivity (Wildman–Crippen MR) is 107 cm³/mol. The smallest absolute Gasteiger partial charge is 0.358 e. The largest absolute Gasteiger partial charge is 0.472 e. The zero-order chi connectivity index (χ0) is 20.7. The number of halogens is 4. The maximum Gasteiger partial charge on any atom is 0.358 e. The molecule has 0 bridgehead atoms. The molecule has 3 rings (SSSR count). The van der Waals surface area contributed by atoms with Gasteiger partial charge in [-0.2, -0.15) is 0 Å². The van der Waals surface area contributed by atoms with Gasteiger partial charge in [-0.15, -0.1) is 17.8 Å². The topological polar surface area (TPSA) is 0 Å². The molecule has 0 atom stereocenters.